The van der Waals surface area contributed by atoms with E-state index in [0.29, 0.717) is 6.92 Å². The summed E-state index contributed by atoms with van der Waals surface area (Å²) in [5.74, 6) is -2.52. The van der Waals surface area contributed by atoms with Gasteiger partial charge in [-0.05, 0) is 5.56 Å². The highest BCUT2D eigenvalue weighted by atomic mass is 19.4. The SMILES string of the molecule is CC(C(O)c1ccccc1)C(O)(C(F)(F)F)C(F)(F)F. The zero-order valence-corrected chi connectivity index (χ0v) is 10.2. The zero-order valence-electron chi connectivity index (χ0n) is 10.2. The summed E-state index contributed by atoms with van der Waals surface area (Å²) in [6, 6.07) is 6.54. The van der Waals surface area contributed by atoms with Crippen LogP contribution in [0.5, 0.6) is 0 Å². The van der Waals surface area contributed by atoms with Crippen molar-refractivity contribution in [1.82, 2.24) is 0 Å². The van der Waals surface area contributed by atoms with Crippen molar-refractivity contribution in [3.63, 3.8) is 0 Å². The van der Waals surface area contributed by atoms with Gasteiger partial charge in [-0.3, -0.25) is 0 Å². The normalized spacial score (nSPS) is 16.9. The van der Waals surface area contributed by atoms with E-state index in [1.807, 2.05) is 0 Å². The summed E-state index contributed by atoms with van der Waals surface area (Å²) in [6.45, 7) is 0.499. The van der Waals surface area contributed by atoms with Crippen LogP contribution in [-0.2, 0) is 0 Å². The van der Waals surface area contributed by atoms with Gasteiger partial charge in [0.05, 0.1) is 6.10 Å². The molecule has 2 nitrogen and oxygen atoms in total. The number of rotatable bonds is 3. The van der Waals surface area contributed by atoms with Crippen LogP contribution in [0.4, 0.5) is 26.3 Å². The lowest BCUT2D eigenvalue weighted by Crippen LogP contribution is -2.62. The summed E-state index contributed by atoms with van der Waals surface area (Å²) in [5.41, 5.74) is -5.14. The van der Waals surface area contributed by atoms with E-state index in [1.54, 1.807) is 0 Å². The van der Waals surface area contributed by atoms with Crippen LogP contribution in [0, 0.1) is 5.92 Å². The van der Waals surface area contributed by atoms with Crippen LogP contribution in [0.2, 0.25) is 0 Å². The fourth-order valence-corrected chi connectivity index (χ4v) is 1.84. The molecule has 0 radical (unpaired) electrons. The number of hydrogen-bond acceptors (Lipinski definition) is 2. The van der Waals surface area contributed by atoms with E-state index >= 15 is 0 Å². The Morgan fingerprint density at radius 3 is 1.65 bits per heavy atom. The van der Waals surface area contributed by atoms with Crippen molar-refractivity contribution in [1.29, 1.82) is 0 Å². The minimum absolute atomic E-state index is 0.146. The Bertz CT molecular complexity index is 426. The first-order chi connectivity index (χ1) is 8.93. The first kappa shape index (κ1) is 16.8. The van der Waals surface area contributed by atoms with Gasteiger partial charge < -0.3 is 10.2 Å². The van der Waals surface area contributed by atoms with E-state index in [1.165, 1.54) is 30.3 Å². The van der Waals surface area contributed by atoms with Crippen LogP contribution in [0.1, 0.15) is 18.6 Å². The third kappa shape index (κ3) is 2.76. The van der Waals surface area contributed by atoms with Gasteiger partial charge >= 0.3 is 12.4 Å². The Labute approximate surface area is 110 Å². The minimum Gasteiger partial charge on any atom is -0.388 e. The van der Waals surface area contributed by atoms with E-state index in [-0.39, 0.29) is 5.56 Å². The molecule has 2 atom stereocenters. The second-order valence-corrected chi connectivity index (χ2v) is 4.41. The lowest BCUT2D eigenvalue weighted by atomic mass is 9.81. The molecule has 0 bridgehead atoms. The molecular formula is C12H12F6O2. The van der Waals surface area contributed by atoms with E-state index < -0.39 is 30.0 Å². The van der Waals surface area contributed by atoms with Gasteiger partial charge in [-0.1, -0.05) is 37.3 Å². The van der Waals surface area contributed by atoms with Gasteiger partial charge in [-0.2, -0.15) is 26.3 Å². The lowest BCUT2D eigenvalue weighted by Gasteiger charge is -2.39. The third-order valence-corrected chi connectivity index (χ3v) is 3.14. The molecule has 0 aliphatic heterocycles. The Morgan fingerprint density at radius 2 is 1.30 bits per heavy atom. The van der Waals surface area contributed by atoms with Gasteiger partial charge in [-0.15, -0.1) is 0 Å². The van der Waals surface area contributed by atoms with E-state index in [9.17, 15) is 36.6 Å². The highest BCUT2D eigenvalue weighted by Crippen LogP contribution is 2.50. The molecule has 8 heteroatoms. The molecule has 20 heavy (non-hydrogen) atoms. The van der Waals surface area contributed by atoms with Crippen molar-refractivity contribution >= 4 is 0 Å². The molecule has 1 aromatic carbocycles. The average molecular weight is 302 g/mol. The van der Waals surface area contributed by atoms with Crippen LogP contribution >= 0.6 is 0 Å². The summed E-state index contributed by atoms with van der Waals surface area (Å²) in [6.07, 6.45) is -14.0. The predicted molar refractivity (Wildman–Crippen MR) is 57.6 cm³/mol. The van der Waals surface area contributed by atoms with Gasteiger partial charge in [0.25, 0.3) is 5.60 Å². The van der Waals surface area contributed by atoms with Crippen molar-refractivity contribution in [2.24, 2.45) is 5.92 Å². The fourth-order valence-electron chi connectivity index (χ4n) is 1.84. The highest BCUT2D eigenvalue weighted by molar-refractivity contribution is 5.19. The molecular weight excluding hydrogens is 290 g/mol. The maximum atomic E-state index is 12.6. The minimum atomic E-state index is -5.96. The van der Waals surface area contributed by atoms with Crippen molar-refractivity contribution in [2.75, 3.05) is 0 Å². The molecule has 0 fully saturated rings. The standard InChI is InChI=1S/C12H12F6O2/c1-7(9(19)8-5-3-2-4-6-8)10(20,11(13,14)15)12(16,17)18/h2-7,9,19-20H,1H3. The Kier molecular flexibility index (Phi) is 4.40. The van der Waals surface area contributed by atoms with Gasteiger partial charge in [0.1, 0.15) is 0 Å². The van der Waals surface area contributed by atoms with Crippen LogP contribution in [-0.4, -0.2) is 28.2 Å². The molecule has 0 spiro atoms. The number of aliphatic hydroxyl groups excluding tert-OH is 1. The second-order valence-electron chi connectivity index (χ2n) is 4.41. The summed E-state index contributed by atoms with van der Waals surface area (Å²) >= 11 is 0. The molecule has 0 amide bonds. The largest absolute Gasteiger partial charge is 0.426 e. The summed E-state index contributed by atoms with van der Waals surface area (Å²) < 4.78 is 75.9. The monoisotopic (exact) mass is 302 g/mol. The van der Waals surface area contributed by atoms with Gasteiger partial charge in [0.15, 0.2) is 0 Å². The number of benzene rings is 1. The topological polar surface area (TPSA) is 40.5 Å². The van der Waals surface area contributed by atoms with Crippen LogP contribution < -0.4 is 0 Å². The van der Waals surface area contributed by atoms with Crippen LogP contribution in [0.15, 0.2) is 30.3 Å². The van der Waals surface area contributed by atoms with Crippen molar-refractivity contribution in [2.45, 2.75) is 31.0 Å². The number of hydrogen-bond donors (Lipinski definition) is 2. The zero-order chi connectivity index (χ0) is 15.8. The maximum absolute atomic E-state index is 12.6. The summed E-state index contributed by atoms with van der Waals surface area (Å²) in [5, 5.41) is 18.9. The van der Waals surface area contributed by atoms with Crippen molar-refractivity contribution in [3.05, 3.63) is 35.9 Å². The Hall–Kier alpha value is -1.28. The smallest absolute Gasteiger partial charge is 0.388 e. The molecule has 1 aromatic rings. The highest BCUT2D eigenvalue weighted by Gasteiger charge is 2.73. The number of alkyl halides is 6. The molecule has 0 heterocycles. The maximum Gasteiger partial charge on any atom is 0.426 e. The van der Waals surface area contributed by atoms with Crippen molar-refractivity contribution < 1.29 is 36.6 Å². The predicted octanol–water partition coefficient (Wildman–Crippen LogP) is 3.21. The molecule has 2 N–H and O–H groups in total. The first-order valence-corrected chi connectivity index (χ1v) is 5.51. The summed E-state index contributed by atoms with van der Waals surface area (Å²) in [4.78, 5) is 0. The first-order valence-electron chi connectivity index (χ1n) is 5.51. The molecule has 114 valence electrons. The van der Waals surface area contributed by atoms with Gasteiger partial charge in [0.2, 0.25) is 0 Å². The third-order valence-electron chi connectivity index (χ3n) is 3.14. The quantitative estimate of drug-likeness (QED) is 0.842. The molecule has 1 rings (SSSR count). The van der Waals surface area contributed by atoms with Crippen LogP contribution in [0.25, 0.3) is 0 Å². The summed E-state index contributed by atoms with van der Waals surface area (Å²) in [7, 11) is 0. The molecule has 0 saturated heterocycles. The second kappa shape index (κ2) is 5.25. The number of halogens is 6. The molecule has 0 aliphatic carbocycles. The lowest BCUT2D eigenvalue weighted by molar-refractivity contribution is -0.389. The molecule has 2 unspecified atom stereocenters. The van der Waals surface area contributed by atoms with E-state index in [4.69, 9.17) is 0 Å². The molecule has 0 saturated carbocycles. The van der Waals surface area contributed by atoms with E-state index in [0.717, 1.165) is 0 Å². The van der Waals surface area contributed by atoms with E-state index in [2.05, 4.69) is 0 Å². The Balaban J connectivity index is 3.23. The molecule has 0 aliphatic rings. The number of aliphatic hydroxyl groups is 2. The fraction of sp³-hybridized carbons (Fsp3) is 0.500. The van der Waals surface area contributed by atoms with Gasteiger partial charge in [-0.25, -0.2) is 0 Å². The Morgan fingerprint density at radius 1 is 0.900 bits per heavy atom. The average Bonchev–Trinajstić information content (AvgIpc) is 2.34. The van der Waals surface area contributed by atoms with Crippen molar-refractivity contribution in [3.8, 4) is 0 Å². The van der Waals surface area contributed by atoms with Gasteiger partial charge in [0, 0.05) is 5.92 Å². The van der Waals surface area contributed by atoms with Crippen LogP contribution in [0.3, 0.4) is 0 Å². The molecule has 0 aromatic heterocycles.